The van der Waals surface area contributed by atoms with Crippen LogP contribution in [-0.4, -0.2) is 19.9 Å². The van der Waals surface area contributed by atoms with Crippen LogP contribution in [0, 0.1) is 111 Å². The number of nitrogens with zero attached hydrogens (tertiary/aromatic N) is 4. The Balaban J connectivity index is 0.000000107. The molecule has 6 aromatic carbocycles. The predicted molar refractivity (Wildman–Crippen MR) is 340 cm³/mol. The molecule has 15 rings (SSSR count). The van der Waals surface area contributed by atoms with Crippen molar-refractivity contribution >= 4 is 0 Å². The minimum Gasteiger partial charge on any atom is -0.257 e. The maximum Gasteiger partial charge on any atom is 0.0548 e. The van der Waals surface area contributed by atoms with Gasteiger partial charge in [0.2, 0.25) is 0 Å². The van der Waals surface area contributed by atoms with Gasteiger partial charge in [-0.15, -0.1) is 0 Å². The predicted octanol–water partition coefficient (Wildman–Crippen LogP) is 18.8. The largest absolute Gasteiger partial charge is 0.257 e. The van der Waals surface area contributed by atoms with Crippen molar-refractivity contribution in [2.24, 2.45) is 0 Å². The summed E-state index contributed by atoms with van der Waals surface area (Å²) in [6, 6.07) is 44.6. The van der Waals surface area contributed by atoms with Crippen molar-refractivity contribution in [2.45, 2.75) is 143 Å². The SMILES string of the molecule is Cc1cc(C)c2c(n1)Cc1nc(C)c(C)cc1-2.Cc1cc2c(c(C)c1C)-c1ccccc1C2.Cc1cc2c(c(C)c1C)Cc1ccccc1-2.Cc1cc2c(cc1C)-c1ccccc1C2.Cc1cc2c(nc1C)Cc1nc(C)c(C)cc1-2. The number of aryl methyl sites for hydroxylation is 12. The van der Waals surface area contributed by atoms with Gasteiger partial charge in [-0.1, -0.05) is 97.1 Å². The Hall–Kier alpha value is -8.08. The number of benzene rings is 6. The molecule has 5 aliphatic rings. The smallest absolute Gasteiger partial charge is 0.0548 e. The summed E-state index contributed by atoms with van der Waals surface area (Å²) in [7, 11) is 0. The van der Waals surface area contributed by atoms with Gasteiger partial charge in [0.1, 0.15) is 0 Å². The van der Waals surface area contributed by atoms with Crippen molar-refractivity contribution in [2.75, 3.05) is 0 Å². The van der Waals surface area contributed by atoms with E-state index in [9.17, 15) is 0 Å². The number of aromatic nitrogens is 4. The van der Waals surface area contributed by atoms with Crippen LogP contribution < -0.4 is 0 Å². The summed E-state index contributed by atoms with van der Waals surface area (Å²) in [5.41, 5.74) is 48.5. The monoisotopic (exact) mass is 1060 g/mol. The highest BCUT2D eigenvalue weighted by atomic mass is 14.8. The molecule has 0 spiro atoms. The Morgan fingerprint density at radius 2 is 0.667 bits per heavy atom. The third-order valence-corrected chi connectivity index (χ3v) is 18.6. The van der Waals surface area contributed by atoms with E-state index in [1.165, 1.54) is 179 Å². The van der Waals surface area contributed by atoms with E-state index in [0.29, 0.717) is 0 Å². The molecule has 5 aliphatic carbocycles. The van der Waals surface area contributed by atoms with Crippen molar-refractivity contribution in [1.82, 2.24) is 19.9 Å². The van der Waals surface area contributed by atoms with Gasteiger partial charge < -0.3 is 0 Å². The summed E-state index contributed by atoms with van der Waals surface area (Å²) < 4.78 is 0. The molecule has 4 nitrogen and oxygen atoms in total. The average molecular weight is 1060 g/mol. The summed E-state index contributed by atoms with van der Waals surface area (Å²) >= 11 is 0. The highest BCUT2D eigenvalue weighted by Crippen LogP contribution is 2.43. The van der Waals surface area contributed by atoms with Crippen molar-refractivity contribution in [3.63, 3.8) is 0 Å². The molecular formula is C77H78N4. The standard InChI is InChI=1S/2C16H16.2C15H16N2.C15H14/c1-10-8-14-9-13-6-4-5-7-15(13)16(14)12(3)11(10)2;1-10-8-16-14-7-5-4-6-13(14)9-15(16)12(3)11(10)2;1-8-6-12-13(17-11(8)4)7-14-15(12)9(2)5-10(3)16-14;1-8-5-12-13-6-9(2)11(4)17-15(13)7-14(12)16-10(8)3;1-10-7-13-9-12-5-3-4-6-14(12)15(13)8-11(10)2/h2*4-8H,9H2,1-3H3;2*5-6H,7H2,1-4H3;3-8H,9H2,1-2H3. The number of pyridine rings is 4. The topological polar surface area (TPSA) is 51.6 Å². The maximum atomic E-state index is 4.70. The Morgan fingerprint density at radius 1 is 0.247 bits per heavy atom. The molecule has 4 aromatic heterocycles. The molecule has 81 heavy (non-hydrogen) atoms. The van der Waals surface area contributed by atoms with Gasteiger partial charge in [0, 0.05) is 57.9 Å². The lowest BCUT2D eigenvalue weighted by molar-refractivity contribution is 1.00. The molecule has 4 heteroatoms. The van der Waals surface area contributed by atoms with Crippen LogP contribution in [-0.2, 0) is 32.1 Å². The zero-order valence-electron chi connectivity index (χ0n) is 50.9. The molecule has 0 radical (unpaired) electrons. The van der Waals surface area contributed by atoms with Gasteiger partial charge in [0.15, 0.2) is 0 Å². The Kier molecular flexibility index (Phi) is 14.7. The van der Waals surface area contributed by atoms with E-state index in [1.807, 2.05) is 0 Å². The Labute approximate surface area is 482 Å². The van der Waals surface area contributed by atoms with Crippen molar-refractivity contribution in [1.29, 1.82) is 0 Å². The zero-order chi connectivity index (χ0) is 57.3. The molecule has 0 aliphatic heterocycles. The van der Waals surface area contributed by atoms with Gasteiger partial charge in [-0.3, -0.25) is 19.9 Å². The number of hydrogen-bond donors (Lipinski definition) is 0. The third kappa shape index (κ3) is 10.3. The minimum absolute atomic E-state index is 0.882. The molecule has 10 aromatic rings. The zero-order valence-corrected chi connectivity index (χ0v) is 50.9. The highest BCUT2D eigenvalue weighted by molar-refractivity contribution is 5.82. The van der Waals surface area contributed by atoms with E-state index in [-0.39, 0.29) is 0 Å². The fourth-order valence-corrected chi connectivity index (χ4v) is 13.0. The fraction of sp³-hybridized carbons (Fsp3) is 0.273. The van der Waals surface area contributed by atoms with Gasteiger partial charge in [-0.2, -0.15) is 0 Å². The van der Waals surface area contributed by atoms with E-state index in [1.54, 1.807) is 0 Å². The minimum atomic E-state index is 0.882. The molecule has 0 fully saturated rings. The first kappa shape index (κ1) is 54.9. The van der Waals surface area contributed by atoms with Gasteiger partial charge in [-0.25, -0.2) is 0 Å². The summed E-state index contributed by atoms with van der Waals surface area (Å²) in [5.74, 6) is 0. The van der Waals surface area contributed by atoms with E-state index in [2.05, 4.69) is 247 Å². The van der Waals surface area contributed by atoms with Crippen molar-refractivity contribution in [3.05, 3.63) is 267 Å². The maximum absolute atomic E-state index is 4.70. The summed E-state index contributed by atoms with van der Waals surface area (Å²) in [6.07, 6.45) is 5.08. The second-order valence-electron chi connectivity index (χ2n) is 24.0. The molecule has 0 saturated heterocycles. The first-order valence-corrected chi connectivity index (χ1v) is 29.2. The summed E-state index contributed by atoms with van der Waals surface area (Å²) in [5, 5.41) is 0. The van der Waals surface area contributed by atoms with E-state index < -0.39 is 0 Å². The number of hydrogen-bond acceptors (Lipinski definition) is 4. The normalized spacial score (nSPS) is 12.4. The lowest BCUT2D eigenvalue weighted by Gasteiger charge is -2.11. The number of fused-ring (bicyclic) bond motifs is 15. The van der Waals surface area contributed by atoms with Gasteiger partial charge in [-0.05, 0) is 288 Å². The quantitative estimate of drug-likeness (QED) is 0.152. The van der Waals surface area contributed by atoms with Crippen LogP contribution in [0.4, 0.5) is 0 Å². The van der Waals surface area contributed by atoms with E-state index in [0.717, 1.165) is 54.9 Å². The molecule has 4 heterocycles. The molecule has 0 bridgehead atoms. The van der Waals surface area contributed by atoms with E-state index >= 15 is 0 Å². The molecule has 0 atom stereocenters. The van der Waals surface area contributed by atoms with Crippen LogP contribution in [0.15, 0.2) is 121 Å². The van der Waals surface area contributed by atoms with Crippen molar-refractivity contribution in [3.8, 4) is 55.6 Å². The lowest BCUT2D eigenvalue weighted by atomic mass is 9.93. The lowest BCUT2D eigenvalue weighted by Crippen LogP contribution is -1.94. The Bertz CT molecular complexity index is 4150. The molecular weight excluding hydrogens is 981 g/mol. The molecule has 0 saturated carbocycles. The molecule has 0 N–H and O–H groups in total. The van der Waals surface area contributed by atoms with Gasteiger partial charge in [0.25, 0.3) is 0 Å². The summed E-state index contributed by atoms with van der Waals surface area (Å²) in [6.45, 7) is 34.6. The average Bonchev–Trinajstić information content (AvgIpc) is 4.44. The first-order chi connectivity index (χ1) is 38.7. The van der Waals surface area contributed by atoms with E-state index in [4.69, 9.17) is 4.98 Å². The summed E-state index contributed by atoms with van der Waals surface area (Å²) in [4.78, 5) is 18.7. The molecule has 0 amide bonds. The van der Waals surface area contributed by atoms with Crippen LogP contribution in [0.2, 0.25) is 0 Å². The molecule has 406 valence electrons. The number of rotatable bonds is 0. The van der Waals surface area contributed by atoms with Crippen LogP contribution >= 0.6 is 0 Å². The Morgan fingerprint density at radius 3 is 1.27 bits per heavy atom. The second-order valence-corrected chi connectivity index (χ2v) is 24.0. The second kappa shape index (κ2) is 21.8. The fourth-order valence-electron chi connectivity index (χ4n) is 13.0. The van der Waals surface area contributed by atoms with Crippen LogP contribution in [0.3, 0.4) is 0 Å². The van der Waals surface area contributed by atoms with Crippen molar-refractivity contribution < 1.29 is 0 Å². The first-order valence-electron chi connectivity index (χ1n) is 29.2. The third-order valence-electron chi connectivity index (χ3n) is 18.6. The van der Waals surface area contributed by atoms with Crippen LogP contribution in [0.1, 0.15) is 146 Å². The van der Waals surface area contributed by atoms with Gasteiger partial charge in [0.05, 0.1) is 22.8 Å². The van der Waals surface area contributed by atoms with Crippen LogP contribution in [0.5, 0.6) is 0 Å². The van der Waals surface area contributed by atoms with Gasteiger partial charge >= 0.3 is 0 Å². The highest BCUT2D eigenvalue weighted by Gasteiger charge is 2.26. The molecule has 0 unspecified atom stereocenters. The van der Waals surface area contributed by atoms with Crippen LogP contribution in [0.25, 0.3) is 55.6 Å².